The number of halogens is 4. The molecule has 0 saturated carbocycles. The fourth-order valence-corrected chi connectivity index (χ4v) is 1.74. The van der Waals surface area contributed by atoms with Gasteiger partial charge in [-0.05, 0) is 12.1 Å². The Morgan fingerprint density at radius 3 is 1.95 bits per heavy atom. The molecule has 2 rings (SSSR count). The quantitative estimate of drug-likeness (QED) is 0.846. The average molecular weight is 272 g/mol. The minimum absolute atomic E-state index is 0.282. The third kappa shape index (κ3) is 2.33. The molecule has 2 nitrogen and oxygen atoms in total. The first-order chi connectivity index (χ1) is 8.93. The predicted octanol–water partition coefficient (Wildman–Crippen LogP) is 3.62. The smallest absolute Gasteiger partial charge is 0.168 e. The second-order valence-electron chi connectivity index (χ2n) is 3.75. The molecule has 0 heterocycles. The third-order valence-electron chi connectivity index (χ3n) is 2.53. The number of phenolic OH excluding ortho intramolecular Hbond substituents is 1. The molecule has 0 saturated heterocycles. The van der Waals surface area contributed by atoms with E-state index in [0.717, 1.165) is 19.2 Å². The maximum atomic E-state index is 13.5. The van der Waals surface area contributed by atoms with Crippen LogP contribution in [0.2, 0.25) is 0 Å². The number of hydrogen-bond donors (Lipinski definition) is 1. The maximum absolute atomic E-state index is 13.5. The average Bonchev–Trinajstić information content (AvgIpc) is 2.33. The molecule has 0 unspecified atom stereocenters. The van der Waals surface area contributed by atoms with Crippen molar-refractivity contribution >= 4 is 0 Å². The first-order valence-corrected chi connectivity index (χ1v) is 5.15. The van der Waals surface area contributed by atoms with Crippen molar-refractivity contribution in [1.29, 1.82) is 0 Å². The highest BCUT2D eigenvalue weighted by molar-refractivity contribution is 5.76. The van der Waals surface area contributed by atoms with Crippen LogP contribution in [0.1, 0.15) is 0 Å². The van der Waals surface area contributed by atoms with Crippen LogP contribution in [0.3, 0.4) is 0 Å². The van der Waals surface area contributed by atoms with Crippen molar-refractivity contribution in [2.45, 2.75) is 0 Å². The number of phenols is 1. The number of hydrogen-bond acceptors (Lipinski definition) is 2. The van der Waals surface area contributed by atoms with Gasteiger partial charge in [0, 0.05) is 23.3 Å². The molecule has 2 aromatic carbocycles. The lowest BCUT2D eigenvalue weighted by Crippen LogP contribution is -1.95. The van der Waals surface area contributed by atoms with E-state index in [0.29, 0.717) is 12.1 Å². The molecule has 100 valence electrons. The maximum Gasteiger partial charge on any atom is 0.168 e. The summed E-state index contributed by atoms with van der Waals surface area (Å²) in [6, 6.07) is 2.60. The van der Waals surface area contributed by atoms with Gasteiger partial charge in [-0.25, -0.2) is 17.6 Å². The van der Waals surface area contributed by atoms with Crippen molar-refractivity contribution in [3.8, 4) is 22.6 Å². The van der Waals surface area contributed by atoms with Crippen LogP contribution in [0.4, 0.5) is 17.6 Å². The van der Waals surface area contributed by atoms with Gasteiger partial charge in [-0.3, -0.25) is 0 Å². The SMILES string of the molecule is COc1c(F)cc(F)cc1-c1cc(F)cc(F)c1O. The standard InChI is InChI=1S/C13H8F4O2/c1-19-13-9(3-7(15)5-11(13)17)8-2-6(14)4-10(16)12(8)18/h2-5,18H,1H3. The second kappa shape index (κ2) is 4.79. The molecule has 0 atom stereocenters. The van der Waals surface area contributed by atoms with Gasteiger partial charge in [-0.15, -0.1) is 0 Å². The Labute approximate surface area is 105 Å². The number of benzene rings is 2. The van der Waals surface area contributed by atoms with E-state index in [4.69, 9.17) is 4.74 Å². The minimum atomic E-state index is -1.23. The molecule has 0 spiro atoms. The molecule has 0 fully saturated rings. The van der Waals surface area contributed by atoms with Gasteiger partial charge in [0.05, 0.1) is 7.11 Å². The van der Waals surface area contributed by atoms with E-state index >= 15 is 0 Å². The van der Waals surface area contributed by atoms with E-state index in [2.05, 4.69) is 0 Å². The van der Waals surface area contributed by atoms with Gasteiger partial charge in [0.25, 0.3) is 0 Å². The Balaban J connectivity index is 2.78. The Hall–Kier alpha value is -2.24. The van der Waals surface area contributed by atoms with Crippen molar-refractivity contribution in [1.82, 2.24) is 0 Å². The summed E-state index contributed by atoms with van der Waals surface area (Å²) in [6.07, 6.45) is 0. The molecule has 0 aromatic heterocycles. The largest absolute Gasteiger partial charge is 0.504 e. The molecule has 19 heavy (non-hydrogen) atoms. The van der Waals surface area contributed by atoms with Crippen molar-refractivity contribution in [2.24, 2.45) is 0 Å². The van der Waals surface area contributed by atoms with Gasteiger partial charge in [0.15, 0.2) is 23.1 Å². The summed E-state index contributed by atoms with van der Waals surface area (Å²) in [5, 5.41) is 9.54. The zero-order valence-electron chi connectivity index (χ0n) is 9.68. The van der Waals surface area contributed by atoms with Crippen molar-refractivity contribution < 1.29 is 27.4 Å². The normalized spacial score (nSPS) is 10.6. The molecule has 0 aliphatic carbocycles. The molecule has 0 bridgehead atoms. The van der Waals surface area contributed by atoms with E-state index in [9.17, 15) is 22.7 Å². The molecule has 0 radical (unpaired) electrons. The van der Waals surface area contributed by atoms with Crippen LogP contribution in [0.25, 0.3) is 11.1 Å². The molecule has 6 heteroatoms. The van der Waals surface area contributed by atoms with Gasteiger partial charge >= 0.3 is 0 Å². The van der Waals surface area contributed by atoms with Crippen molar-refractivity contribution in [3.05, 3.63) is 47.5 Å². The summed E-state index contributed by atoms with van der Waals surface area (Å²) in [5.41, 5.74) is -0.677. The summed E-state index contributed by atoms with van der Waals surface area (Å²) >= 11 is 0. The summed E-state index contributed by atoms with van der Waals surface area (Å²) in [6.45, 7) is 0. The van der Waals surface area contributed by atoms with Crippen LogP contribution >= 0.6 is 0 Å². The van der Waals surface area contributed by atoms with Gasteiger partial charge in [-0.1, -0.05) is 0 Å². The van der Waals surface area contributed by atoms with Crippen molar-refractivity contribution in [3.63, 3.8) is 0 Å². The molecule has 2 aromatic rings. The topological polar surface area (TPSA) is 29.5 Å². The summed E-state index contributed by atoms with van der Waals surface area (Å²) in [7, 11) is 1.12. The highest BCUT2D eigenvalue weighted by Gasteiger charge is 2.19. The first-order valence-electron chi connectivity index (χ1n) is 5.15. The Morgan fingerprint density at radius 2 is 1.37 bits per heavy atom. The van der Waals surface area contributed by atoms with E-state index in [-0.39, 0.29) is 5.56 Å². The fourth-order valence-electron chi connectivity index (χ4n) is 1.74. The predicted molar refractivity (Wildman–Crippen MR) is 59.9 cm³/mol. The number of ether oxygens (including phenoxy) is 1. The van der Waals surface area contributed by atoms with E-state index in [1.54, 1.807) is 0 Å². The second-order valence-corrected chi connectivity index (χ2v) is 3.75. The van der Waals surface area contributed by atoms with E-state index < -0.39 is 40.3 Å². The van der Waals surface area contributed by atoms with Gasteiger partial charge in [0.2, 0.25) is 0 Å². The van der Waals surface area contributed by atoms with Crippen molar-refractivity contribution in [2.75, 3.05) is 7.11 Å². The number of methoxy groups -OCH3 is 1. The van der Waals surface area contributed by atoms with Crippen LogP contribution in [-0.4, -0.2) is 12.2 Å². The van der Waals surface area contributed by atoms with Crippen LogP contribution in [0, 0.1) is 23.3 Å². The summed E-state index contributed by atoms with van der Waals surface area (Å²) < 4.78 is 57.8. The molecular formula is C13H8F4O2. The van der Waals surface area contributed by atoms with Crippen LogP contribution in [0.15, 0.2) is 24.3 Å². The monoisotopic (exact) mass is 272 g/mol. The fraction of sp³-hybridized carbons (Fsp3) is 0.0769. The lowest BCUT2D eigenvalue weighted by Gasteiger charge is -2.12. The highest BCUT2D eigenvalue weighted by Crippen LogP contribution is 2.39. The van der Waals surface area contributed by atoms with Crippen LogP contribution in [-0.2, 0) is 0 Å². The highest BCUT2D eigenvalue weighted by atomic mass is 19.1. The molecular weight excluding hydrogens is 264 g/mol. The number of rotatable bonds is 2. The Morgan fingerprint density at radius 1 is 0.842 bits per heavy atom. The lowest BCUT2D eigenvalue weighted by molar-refractivity contribution is 0.385. The van der Waals surface area contributed by atoms with Gasteiger partial charge in [-0.2, -0.15) is 0 Å². The lowest BCUT2D eigenvalue weighted by atomic mass is 10.0. The van der Waals surface area contributed by atoms with Gasteiger partial charge in [0.1, 0.15) is 11.6 Å². The summed E-state index contributed by atoms with van der Waals surface area (Å²) in [4.78, 5) is 0. The Kier molecular flexibility index (Phi) is 3.33. The first kappa shape index (κ1) is 13.2. The molecule has 0 aliphatic rings. The third-order valence-corrected chi connectivity index (χ3v) is 2.53. The van der Waals surface area contributed by atoms with E-state index in [1.807, 2.05) is 0 Å². The van der Waals surface area contributed by atoms with Crippen LogP contribution in [0.5, 0.6) is 11.5 Å². The molecule has 0 aliphatic heterocycles. The van der Waals surface area contributed by atoms with Crippen LogP contribution < -0.4 is 4.74 Å². The number of aromatic hydroxyl groups is 1. The molecule has 1 N–H and O–H groups in total. The molecule has 0 amide bonds. The Bertz CT molecular complexity index is 641. The zero-order valence-corrected chi connectivity index (χ0v) is 9.68. The summed E-state index contributed by atoms with van der Waals surface area (Å²) in [5.74, 6) is -5.55. The van der Waals surface area contributed by atoms with Gasteiger partial charge < -0.3 is 9.84 Å². The minimum Gasteiger partial charge on any atom is -0.504 e. The van der Waals surface area contributed by atoms with E-state index in [1.165, 1.54) is 0 Å². The zero-order chi connectivity index (χ0) is 14.2.